The van der Waals surface area contributed by atoms with E-state index in [9.17, 15) is 0 Å². The van der Waals surface area contributed by atoms with Crippen LogP contribution < -0.4 is 5.32 Å². The van der Waals surface area contributed by atoms with Gasteiger partial charge in [0, 0.05) is 17.5 Å². The van der Waals surface area contributed by atoms with E-state index in [1.54, 1.807) is 0 Å². The van der Waals surface area contributed by atoms with Crippen LogP contribution in [0, 0.1) is 5.92 Å². The maximum atomic E-state index is 6.12. The van der Waals surface area contributed by atoms with Crippen LogP contribution in [0.3, 0.4) is 0 Å². The molecular weight excluding hydrogens is 260 g/mol. The van der Waals surface area contributed by atoms with Crippen molar-refractivity contribution in [3.63, 3.8) is 0 Å². The Balaban J connectivity index is 1.73. The van der Waals surface area contributed by atoms with Gasteiger partial charge < -0.3 is 14.6 Å². The van der Waals surface area contributed by atoms with Crippen LogP contribution in [0.1, 0.15) is 37.6 Å². The lowest BCUT2D eigenvalue weighted by atomic mass is 10.0. The molecule has 3 nitrogen and oxygen atoms in total. The first-order valence-corrected chi connectivity index (χ1v) is 8.11. The number of fused-ring (bicyclic) bond motifs is 1. The smallest absolute Gasteiger partial charge is 0.134 e. The molecule has 0 radical (unpaired) electrons. The number of hydrogen-bond donors (Lipinski definition) is 1. The third kappa shape index (κ3) is 2.99. The molecule has 2 atom stereocenters. The Morgan fingerprint density at radius 2 is 2.19 bits per heavy atom. The maximum Gasteiger partial charge on any atom is 0.134 e. The summed E-state index contributed by atoms with van der Waals surface area (Å²) in [6, 6.07) is 8.64. The third-order valence-electron chi connectivity index (χ3n) is 4.68. The SMILES string of the molecule is CCc1c(C(C)NCC2CCN(C)C2)oc2ccccc12. The molecule has 2 aromatic rings. The summed E-state index contributed by atoms with van der Waals surface area (Å²) in [4.78, 5) is 2.41. The zero-order chi connectivity index (χ0) is 14.8. The quantitative estimate of drug-likeness (QED) is 0.910. The van der Waals surface area contributed by atoms with Crippen LogP contribution in [-0.4, -0.2) is 31.6 Å². The van der Waals surface area contributed by atoms with Gasteiger partial charge in [-0.15, -0.1) is 0 Å². The van der Waals surface area contributed by atoms with Crippen molar-refractivity contribution in [1.82, 2.24) is 10.2 Å². The molecule has 1 aromatic carbocycles. The molecule has 3 heteroatoms. The molecule has 1 aliphatic rings. The van der Waals surface area contributed by atoms with Crippen molar-refractivity contribution in [2.45, 2.75) is 32.7 Å². The summed E-state index contributed by atoms with van der Waals surface area (Å²) in [5.74, 6) is 1.89. The summed E-state index contributed by atoms with van der Waals surface area (Å²) in [5.41, 5.74) is 2.37. The fourth-order valence-electron chi connectivity index (χ4n) is 3.46. The minimum atomic E-state index is 0.276. The lowest BCUT2D eigenvalue weighted by Gasteiger charge is -2.16. The largest absolute Gasteiger partial charge is 0.459 e. The number of aryl methyl sites for hydroxylation is 1. The van der Waals surface area contributed by atoms with Gasteiger partial charge in [-0.25, -0.2) is 0 Å². The van der Waals surface area contributed by atoms with E-state index in [2.05, 4.69) is 49.3 Å². The van der Waals surface area contributed by atoms with Crippen molar-refractivity contribution in [3.8, 4) is 0 Å². The number of benzene rings is 1. The van der Waals surface area contributed by atoms with Crippen molar-refractivity contribution in [2.75, 3.05) is 26.7 Å². The molecule has 1 aromatic heterocycles. The number of hydrogen-bond acceptors (Lipinski definition) is 3. The van der Waals surface area contributed by atoms with Gasteiger partial charge in [0.05, 0.1) is 6.04 Å². The molecule has 1 saturated heterocycles. The van der Waals surface area contributed by atoms with E-state index in [-0.39, 0.29) is 6.04 Å². The molecule has 1 fully saturated rings. The molecule has 0 aliphatic carbocycles. The van der Waals surface area contributed by atoms with E-state index in [0.717, 1.165) is 30.2 Å². The van der Waals surface area contributed by atoms with Crippen molar-refractivity contribution in [2.24, 2.45) is 5.92 Å². The molecule has 0 spiro atoms. The van der Waals surface area contributed by atoms with Crippen LogP contribution >= 0.6 is 0 Å². The standard InChI is InChI=1S/C18H26N2O/c1-4-15-16-7-5-6-8-17(16)21-18(15)13(2)19-11-14-9-10-20(3)12-14/h5-8,13-14,19H,4,9-12H2,1-3H3. The van der Waals surface area contributed by atoms with Crippen LogP contribution in [0.4, 0.5) is 0 Å². The highest BCUT2D eigenvalue weighted by molar-refractivity contribution is 5.82. The number of nitrogens with one attached hydrogen (secondary N) is 1. The van der Waals surface area contributed by atoms with E-state index < -0.39 is 0 Å². The summed E-state index contributed by atoms with van der Waals surface area (Å²) in [6.07, 6.45) is 2.32. The summed E-state index contributed by atoms with van der Waals surface area (Å²) >= 11 is 0. The monoisotopic (exact) mass is 286 g/mol. The number of nitrogens with zero attached hydrogens (tertiary/aromatic N) is 1. The number of para-hydroxylation sites is 1. The minimum Gasteiger partial charge on any atom is -0.459 e. The molecular formula is C18H26N2O. The van der Waals surface area contributed by atoms with E-state index >= 15 is 0 Å². The van der Waals surface area contributed by atoms with Crippen molar-refractivity contribution in [3.05, 3.63) is 35.6 Å². The lowest BCUT2D eigenvalue weighted by Crippen LogP contribution is -2.27. The normalized spacial score (nSPS) is 21.2. The fourth-order valence-corrected chi connectivity index (χ4v) is 3.46. The zero-order valence-corrected chi connectivity index (χ0v) is 13.4. The molecule has 0 bridgehead atoms. The molecule has 3 rings (SSSR count). The van der Waals surface area contributed by atoms with Crippen LogP contribution in [0.2, 0.25) is 0 Å². The third-order valence-corrected chi connectivity index (χ3v) is 4.68. The zero-order valence-electron chi connectivity index (χ0n) is 13.4. The molecule has 1 N–H and O–H groups in total. The highest BCUT2D eigenvalue weighted by atomic mass is 16.3. The Kier molecular flexibility index (Phi) is 4.32. The summed E-state index contributed by atoms with van der Waals surface area (Å²) in [7, 11) is 2.21. The van der Waals surface area contributed by atoms with Gasteiger partial charge in [0.15, 0.2) is 0 Å². The average molecular weight is 286 g/mol. The van der Waals surface area contributed by atoms with E-state index in [4.69, 9.17) is 4.42 Å². The molecule has 2 heterocycles. The number of rotatable bonds is 5. The first-order chi connectivity index (χ1) is 10.2. The van der Waals surface area contributed by atoms with Gasteiger partial charge in [0.2, 0.25) is 0 Å². The topological polar surface area (TPSA) is 28.4 Å². The lowest BCUT2D eigenvalue weighted by molar-refractivity contribution is 0.371. The molecule has 2 unspecified atom stereocenters. The van der Waals surface area contributed by atoms with Crippen molar-refractivity contribution in [1.29, 1.82) is 0 Å². The second-order valence-electron chi connectivity index (χ2n) is 6.34. The number of likely N-dealkylation sites (tertiary alicyclic amines) is 1. The second-order valence-corrected chi connectivity index (χ2v) is 6.34. The van der Waals surface area contributed by atoms with Crippen LogP contribution in [0.25, 0.3) is 11.0 Å². The Morgan fingerprint density at radius 1 is 1.38 bits per heavy atom. The molecule has 21 heavy (non-hydrogen) atoms. The van der Waals surface area contributed by atoms with Gasteiger partial charge >= 0.3 is 0 Å². The van der Waals surface area contributed by atoms with Crippen molar-refractivity contribution < 1.29 is 4.42 Å². The second kappa shape index (κ2) is 6.20. The van der Waals surface area contributed by atoms with Crippen molar-refractivity contribution >= 4 is 11.0 Å². The Labute approximate surface area is 127 Å². The molecule has 0 saturated carbocycles. The van der Waals surface area contributed by atoms with Crippen LogP contribution in [-0.2, 0) is 6.42 Å². The first-order valence-electron chi connectivity index (χ1n) is 8.11. The van der Waals surface area contributed by atoms with Crippen LogP contribution in [0.5, 0.6) is 0 Å². The van der Waals surface area contributed by atoms with E-state index in [0.29, 0.717) is 0 Å². The van der Waals surface area contributed by atoms with Gasteiger partial charge in [-0.3, -0.25) is 0 Å². The van der Waals surface area contributed by atoms with Gasteiger partial charge in [-0.1, -0.05) is 25.1 Å². The molecule has 0 amide bonds. The van der Waals surface area contributed by atoms with Gasteiger partial charge in [-0.05, 0) is 51.9 Å². The predicted molar refractivity (Wildman–Crippen MR) is 87.6 cm³/mol. The van der Waals surface area contributed by atoms with Gasteiger partial charge in [0.1, 0.15) is 11.3 Å². The summed E-state index contributed by atoms with van der Waals surface area (Å²) in [5, 5.41) is 4.94. The Morgan fingerprint density at radius 3 is 2.90 bits per heavy atom. The molecule has 1 aliphatic heterocycles. The average Bonchev–Trinajstić information content (AvgIpc) is 3.07. The highest BCUT2D eigenvalue weighted by Gasteiger charge is 2.22. The molecule has 114 valence electrons. The van der Waals surface area contributed by atoms with Gasteiger partial charge in [0.25, 0.3) is 0 Å². The maximum absolute atomic E-state index is 6.12. The Hall–Kier alpha value is -1.32. The predicted octanol–water partition coefficient (Wildman–Crippen LogP) is 3.60. The van der Waals surface area contributed by atoms with E-state index in [1.165, 1.54) is 30.5 Å². The first kappa shape index (κ1) is 14.6. The number of furan rings is 1. The highest BCUT2D eigenvalue weighted by Crippen LogP contribution is 2.30. The fraction of sp³-hybridized carbons (Fsp3) is 0.556. The summed E-state index contributed by atoms with van der Waals surface area (Å²) < 4.78 is 6.12. The van der Waals surface area contributed by atoms with Gasteiger partial charge in [-0.2, -0.15) is 0 Å². The van der Waals surface area contributed by atoms with Crippen LogP contribution in [0.15, 0.2) is 28.7 Å². The minimum absolute atomic E-state index is 0.276. The summed E-state index contributed by atoms with van der Waals surface area (Å²) in [6.45, 7) is 7.94. The van der Waals surface area contributed by atoms with E-state index in [1.807, 2.05) is 6.07 Å². The Bertz CT molecular complexity index is 604.